The number of methoxy groups -OCH3 is 1. The van der Waals surface area contributed by atoms with Crippen LogP contribution in [0.1, 0.15) is 23.7 Å². The summed E-state index contributed by atoms with van der Waals surface area (Å²) in [6.45, 7) is 4.00. The molecule has 2 rings (SSSR count). The van der Waals surface area contributed by atoms with Crippen molar-refractivity contribution in [3.05, 3.63) is 28.2 Å². The first kappa shape index (κ1) is 14.4. The highest BCUT2D eigenvalue weighted by molar-refractivity contribution is 9.10. The summed E-state index contributed by atoms with van der Waals surface area (Å²) in [5.41, 5.74) is 1.29. The fraction of sp³-hybridized carbons (Fsp3) is 0.571. The number of hydrogen-bond acceptors (Lipinski definition) is 2. The van der Waals surface area contributed by atoms with Crippen LogP contribution in [0.4, 0.5) is 0 Å². The van der Waals surface area contributed by atoms with Gasteiger partial charge >= 0.3 is 0 Å². The third-order valence-electron chi connectivity index (χ3n) is 3.58. The maximum Gasteiger partial charge on any atom is 0.133 e. The smallest absolute Gasteiger partial charge is 0.133 e. The first-order chi connectivity index (χ1) is 8.63. The van der Waals surface area contributed by atoms with Crippen molar-refractivity contribution >= 4 is 31.9 Å². The summed E-state index contributed by atoms with van der Waals surface area (Å²) in [6, 6.07) is 6.28. The minimum Gasteiger partial charge on any atom is -0.496 e. The van der Waals surface area contributed by atoms with Gasteiger partial charge in [0, 0.05) is 18.0 Å². The topological polar surface area (TPSA) is 18.5 Å². The molecule has 2 nitrogen and oxygen atoms in total. The summed E-state index contributed by atoms with van der Waals surface area (Å²) < 4.78 is 11.8. The fourth-order valence-electron chi connectivity index (χ4n) is 2.43. The molecule has 0 radical (unpaired) electrons. The van der Waals surface area contributed by atoms with Crippen LogP contribution in [-0.4, -0.2) is 20.3 Å². The Bertz CT molecular complexity index is 409. The van der Waals surface area contributed by atoms with Crippen LogP contribution in [-0.2, 0) is 4.74 Å². The lowest BCUT2D eigenvalue weighted by molar-refractivity contribution is 0.0241. The average Bonchev–Trinajstić information content (AvgIpc) is 2.38. The molecule has 1 aliphatic heterocycles. The molecule has 0 aromatic heterocycles. The quantitative estimate of drug-likeness (QED) is 0.718. The van der Waals surface area contributed by atoms with Gasteiger partial charge in [-0.2, -0.15) is 0 Å². The van der Waals surface area contributed by atoms with Crippen LogP contribution in [0.3, 0.4) is 0 Å². The molecule has 1 aromatic rings. The monoisotopic (exact) mass is 376 g/mol. The van der Waals surface area contributed by atoms with Crippen molar-refractivity contribution in [2.24, 2.45) is 11.8 Å². The van der Waals surface area contributed by atoms with Gasteiger partial charge in [0.2, 0.25) is 0 Å². The number of hydrogen-bond donors (Lipinski definition) is 0. The molecule has 0 amide bonds. The Balaban J connectivity index is 2.17. The predicted molar refractivity (Wildman–Crippen MR) is 80.5 cm³/mol. The van der Waals surface area contributed by atoms with Crippen molar-refractivity contribution in [2.45, 2.75) is 18.2 Å². The maximum atomic E-state index is 5.51. The molecule has 0 spiro atoms. The van der Waals surface area contributed by atoms with E-state index >= 15 is 0 Å². The molecule has 1 fully saturated rings. The van der Waals surface area contributed by atoms with Gasteiger partial charge in [0.25, 0.3) is 0 Å². The lowest BCUT2D eigenvalue weighted by atomic mass is 9.84. The van der Waals surface area contributed by atoms with Crippen molar-refractivity contribution in [3.8, 4) is 5.75 Å². The molecule has 1 heterocycles. The zero-order valence-corrected chi connectivity index (χ0v) is 13.8. The van der Waals surface area contributed by atoms with Crippen LogP contribution < -0.4 is 4.74 Å². The largest absolute Gasteiger partial charge is 0.496 e. The third-order valence-corrected chi connectivity index (χ3v) is 5.40. The Morgan fingerprint density at radius 2 is 2.22 bits per heavy atom. The maximum absolute atomic E-state index is 5.51. The molecule has 1 saturated heterocycles. The number of ether oxygens (including phenoxy) is 2. The van der Waals surface area contributed by atoms with Crippen molar-refractivity contribution in [3.63, 3.8) is 0 Å². The molecule has 0 bridgehead atoms. The average molecular weight is 378 g/mol. The van der Waals surface area contributed by atoms with Gasteiger partial charge in [-0.15, -0.1) is 0 Å². The molecule has 18 heavy (non-hydrogen) atoms. The third kappa shape index (κ3) is 3.09. The highest BCUT2D eigenvalue weighted by Crippen LogP contribution is 2.41. The molecular formula is C14H18Br2O2. The summed E-state index contributed by atoms with van der Waals surface area (Å²) in [7, 11) is 1.69. The molecular weight excluding hydrogens is 360 g/mol. The van der Waals surface area contributed by atoms with Gasteiger partial charge in [0.05, 0.1) is 11.6 Å². The molecule has 0 N–H and O–H groups in total. The van der Waals surface area contributed by atoms with Crippen molar-refractivity contribution < 1.29 is 9.47 Å². The van der Waals surface area contributed by atoms with Gasteiger partial charge < -0.3 is 9.47 Å². The molecule has 1 aromatic carbocycles. The van der Waals surface area contributed by atoms with E-state index in [-0.39, 0.29) is 0 Å². The SMILES string of the molecule is COc1ccc(C(Br)C2CCOCC2C)cc1Br. The van der Waals surface area contributed by atoms with E-state index in [0.717, 1.165) is 29.9 Å². The van der Waals surface area contributed by atoms with Gasteiger partial charge in [-0.3, -0.25) is 0 Å². The zero-order valence-electron chi connectivity index (χ0n) is 10.7. The molecule has 4 heteroatoms. The van der Waals surface area contributed by atoms with Crippen LogP contribution in [0.25, 0.3) is 0 Å². The molecule has 0 aliphatic carbocycles. The first-order valence-corrected chi connectivity index (χ1v) is 7.89. The predicted octanol–water partition coefficient (Wildman–Crippen LogP) is 4.57. The Morgan fingerprint density at radius 1 is 1.44 bits per heavy atom. The fourth-order valence-corrected chi connectivity index (χ4v) is 4.06. The number of alkyl halides is 1. The zero-order chi connectivity index (χ0) is 13.1. The van der Waals surface area contributed by atoms with Gasteiger partial charge in [0.1, 0.15) is 5.75 Å². The summed E-state index contributed by atoms with van der Waals surface area (Å²) in [5.74, 6) is 2.08. The Hall–Kier alpha value is -0.0600. The highest BCUT2D eigenvalue weighted by atomic mass is 79.9. The number of rotatable bonds is 3. The van der Waals surface area contributed by atoms with E-state index < -0.39 is 0 Å². The Morgan fingerprint density at radius 3 is 2.83 bits per heavy atom. The van der Waals surface area contributed by atoms with E-state index in [2.05, 4.69) is 50.9 Å². The molecule has 0 saturated carbocycles. The van der Waals surface area contributed by atoms with Crippen molar-refractivity contribution in [1.82, 2.24) is 0 Å². The van der Waals surface area contributed by atoms with Crippen LogP contribution in [0, 0.1) is 11.8 Å². The lowest BCUT2D eigenvalue weighted by Crippen LogP contribution is -2.28. The summed E-state index contributed by atoms with van der Waals surface area (Å²) in [6.07, 6.45) is 1.11. The second-order valence-electron chi connectivity index (χ2n) is 4.80. The van der Waals surface area contributed by atoms with Crippen molar-refractivity contribution in [1.29, 1.82) is 0 Å². The van der Waals surface area contributed by atoms with E-state index in [0.29, 0.717) is 16.7 Å². The summed E-state index contributed by atoms with van der Waals surface area (Å²) in [4.78, 5) is 0.374. The van der Waals surface area contributed by atoms with Gasteiger partial charge in [-0.05, 0) is 51.9 Å². The lowest BCUT2D eigenvalue weighted by Gasteiger charge is -2.32. The number of halogens is 2. The van der Waals surface area contributed by atoms with E-state index in [9.17, 15) is 0 Å². The minimum atomic E-state index is 0.374. The normalized spacial score (nSPS) is 25.8. The summed E-state index contributed by atoms with van der Waals surface area (Å²) >= 11 is 7.40. The minimum absolute atomic E-state index is 0.374. The summed E-state index contributed by atoms with van der Waals surface area (Å²) in [5, 5.41) is 0. The highest BCUT2D eigenvalue weighted by Gasteiger charge is 2.29. The molecule has 1 aliphatic rings. The first-order valence-electron chi connectivity index (χ1n) is 6.18. The standard InChI is InChI=1S/C14H18Br2O2/c1-9-8-18-6-5-11(9)14(16)10-3-4-13(17-2)12(15)7-10/h3-4,7,9,11,14H,5-6,8H2,1-2H3. The molecule has 100 valence electrons. The van der Waals surface area contributed by atoms with Gasteiger partial charge in [0.15, 0.2) is 0 Å². The van der Waals surface area contributed by atoms with Gasteiger partial charge in [-0.25, -0.2) is 0 Å². The van der Waals surface area contributed by atoms with E-state index in [1.54, 1.807) is 7.11 Å². The second kappa shape index (κ2) is 6.40. The number of benzene rings is 1. The Labute approximate surface area is 125 Å². The van der Waals surface area contributed by atoms with Crippen LogP contribution in [0.2, 0.25) is 0 Å². The van der Waals surface area contributed by atoms with E-state index in [1.807, 2.05) is 6.07 Å². The van der Waals surface area contributed by atoms with Crippen molar-refractivity contribution in [2.75, 3.05) is 20.3 Å². The second-order valence-corrected chi connectivity index (χ2v) is 6.64. The molecule has 3 unspecified atom stereocenters. The van der Waals surface area contributed by atoms with Crippen LogP contribution >= 0.6 is 31.9 Å². The van der Waals surface area contributed by atoms with Crippen LogP contribution in [0.5, 0.6) is 5.75 Å². The van der Waals surface area contributed by atoms with E-state index in [1.165, 1.54) is 5.56 Å². The van der Waals surface area contributed by atoms with Crippen LogP contribution in [0.15, 0.2) is 22.7 Å². The van der Waals surface area contributed by atoms with E-state index in [4.69, 9.17) is 9.47 Å². The molecule has 3 atom stereocenters. The van der Waals surface area contributed by atoms with Gasteiger partial charge in [-0.1, -0.05) is 28.9 Å². The Kier molecular flexibility index (Phi) is 5.10.